The van der Waals surface area contributed by atoms with Crippen LogP contribution in [0.3, 0.4) is 0 Å². The van der Waals surface area contributed by atoms with Gasteiger partial charge in [-0.25, -0.2) is 4.98 Å². The second-order valence-electron chi connectivity index (χ2n) is 7.30. The summed E-state index contributed by atoms with van der Waals surface area (Å²) < 4.78 is 0. The molecule has 0 spiro atoms. The Morgan fingerprint density at radius 2 is 1.93 bits per heavy atom. The number of hydrogen-bond donors (Lipinski definition) is 4. The second kappa shape index (κ2) is 12.0. The van der Waals surface area contributed by atoms with Crippen LogP contribution in [0.15, 0.2) is 24.3 Å². The zero-order valence-corrected chi connectivity index (χ0v) is 17.5. The summed E-state index contributed by atoms with van der Waals surface area (Å²) in [5.74, 6) is 0.353. The van der Waals surface area contributed by atoms with E-state index in [4.69, 9.17) is 10.8 Å². The number of anilines is 2. The number of nitrogens with one attached hydrogen (secondary N) is 2. The molecule has 5 N–H and O–H groups in total. The first-order valence-electron chi connectivity index (χ1n) is 10.4. The van der Waals surface area contributed by atoms with Gasteiger partial charge >= 0.3 is 5.97 Å². The maximum absolute atomic E-state index is 10.8. The maximum Gasteiger partial charge on any atom is 0.307 e. The van der Waals surface area contributed by atoms with E-state index in [1.807, 2.05) is 31.2 Å². The zero-order valence-electron chi connectivity index (χ0n) is 17.5. The lowest BCUT2D eigenvalue weighted by molar-refractivity contribution is -0.136. The van der Waals surface area contributed by atoms with Crippen LogP contribution in [0.4, 0.5) is 11.8 Å². The fourth-order valence-electron chi connectivity index (χ4n) is 3.29. The van der Waals surface area contributed by atoms with Crippen LogP contribution in [0.25, 0.3) is 0 Å². The fraction of sp³-hybridized carbons (Fsp3) is 0.500. The summed E-state index contributed by atoms with van der Waals surface area (Å²) in [6.45, 7) is 6.62. The molecule has 7 heteroatoms. The topological polar surface area (TPSA) is 113 Å². The van der Waals surface area contributed by atoms with Gasteiger partial charge in [-0.3, -0.25) is 4.79 Å². The van der Waals surface area contributed by atoms with Crippen LogP contribution >= 0.6 is 0 Å². The van der Waals surface area contributed by atoms with Gasteiger partial charge < -0.3 is 21.5 Å². The highest BCUT2D eigenvalue weighted by atomic mass is 16.4. The molecule has 1 aromatic heterocycles. The summed E-state index contributed by atoms with van der Waals surface area (Å²) in [4.78, 5) is 19.6. The third-order valence-corrected chi connectivity index (χ3v) is 4.76. The first-order valence-corrected chi connectivity index (χ1v) is 10.4. The summed E-state index contributed by atoms with van der Waals surface area (Å²) in [6.07, 6.45) is 5.37. The standard InChI is InChI=1S/C22H33N5O2/c1-3-4-5-12-25-21-19(16(2)26-22(23)27-21)10-7-11-24-15-18-9-6-8-17(13-18)14-20(28)29/h6,8-9,13,24H,3-5,7,10-12,14-15H2,1-2H3,(H,28,29)(H3,23,25,26,27). The summed E-state index contributed by atoms with van der Waals surface area (Å²) in [5, 5.41) is 15.8. The number of nitrogens with zero attached hydrogens (tertiary/aromatic N) is 2. The van der Waals surface area contributed by atoms with Crippen molar-refractivity contribution in [2.75, 3.05) is 24.1 Å². The molecule has 29 heavy (non-hydrogen) atoms. The lowest BCUT2D eigenvalue weighted by Gasteiger charge is -2.14. The Morgan fingerprint density at radius 3 is 2.69 bits per heavy atom. The summed E-state index contributed by atoms with van der Waals surface area (Å²) in [6, 6.07) is 7.70. The van der Waals surface area contributed by atoms with Crippen molar-refractivity contribution < 1.29 is 9.90 Å². The third kappa shape index (κ3) is 8.07. The molecule has 0 amide bonds. The zero-order chi connectivity index (χ0) is 21.1. The van der Waals surface area contributed by atoms with Gasteiger partial charge in [-0.2, -0.15) is 4.98 Å². The molecule has 0 aliphatic rings. The minimum Gasteiger partial charge on any atom is -0.481 e. The number of aromatic nitrogens is 2. The highest BCUT2D eigenvalue weighted by molar-refractivity contribution is 5.70. The Balaban J connectivity index is 1.83. The molecule has 0 saturated carbocycles. The van der Waals surface area contributed by atoms with Gasteiger partial charge in [0.2, 0.25) is 5.95 Å². The Kier molecular flexibility index (Phi) is 9.37. The number of carboxylic acids is 1. The first-order chi connectivity index (χ1) is 14.0. The molecule has 2 aromatic rings. The van der Waals surface area contributed by atoms with Crippen molar-refractivity contribution >= 4 is 17.7 Å². The molecule has 0 radical (unpaired) electrons. The number of carbonyl (C=O) groups is 1. The molecule has 0 aliphatic carbocycles. The number of nitrogen functional groups attached to an aromatic ring is 1. The Hall–Kier alpha value is -2.67. The smallest absolute Gasteiger partial charge is 0.307 e. The van der Waals surface area contributed by atoms with Gasteiger partial charge in [-0.15, -0.1) is 0 Å². The minimum atomic E-state index is -0.810. The molecule has 0 aliphatic heterocycles. The van der Waals surface area contributed by atoms with Crippen LogP contribution in [0.1, 0.15) is 55.0 Å². The minimum absolute atomic E-state index is 0.0539. The van der Waals surface area contributed by atoms with E-state index in [-0.39, 0.29) is 6.42 Å². The van der Waals surface area contributed by atoms with Gasteiger partial charge in [0.1, 0.15) is 5.82 Å². The van der Waals surface area contributed by atoms with E-state index in [0.717, 1.165) is 60.6 Å². The summed E-state index contributed by atoms with van der Waals surface area (Å²) in [5.41, 5.74) is 9.80. The average Bonchev–Trinajstić information content (AvgIpc) is 2.66. The predicted molar refractivity (Wildman–Crippen MR) is 117 cm³/mol. The number of unbranched alkanes of at least 4 members (excludes halogenated alkanes) is 2. The highest BCUT2D eigenvalue weighted by Gasteiger charge is 2.10. The number of rotatable bonds is 13. The van der Waals surface area contributed by atoms with Gasteiger partial charge in [0, 0.05) is 24.3 Å². The maximum atomic E-state index is 10.8. The van der Waals surface area contributed by atoms with Crippen LogP contribution in [0.2, 0.25) is 0 Å². The van der Waals surface area contributed by atoms with E-state index in [1.165, 1.54) is 12.8 Å². The lowest BCUT2D eigenvalue weighted by atomic mass is 10.1. The number of benzene rings is 1. The summed E-state index contributed by atoms with van der Waals surface area (Å²) in [7, 11) is 0. The molecule has 0 saturated heterocycles. The number of aryl methyl sites for hydroxylation is 1. The first kappa shape index (κ1) is 22.6. The Morgan fingerprint density at radius 1 is 1.14 bits per heavy atom. The van der Waals surface area contributed by atoms with E-state index in [1.54, 1.807) is 0 Å². The number of nitrogens with two attached hydrogens (primary N) is 1. The van der Waals surface area contributed by atoms with Crippen molar-refractivity contribution in [3.8, 4) is 0 Å². The molecule has 2 rings (SSSR count). The van der Waals surface area contributed by atoms with E-state index < -0.39 is 5.97 Å². The predicted octanol–water partition coefficient (Wildman–Crippen LogP) is 3.32. The van der Waals surface area contributed by atoms with Crippen LogP contribution < -0.4 is 16.4 Å². The lowest BCUT2D eigenvalue weighted by Crippen LogP contribution is -2.17. The van der Waals surface area contributed by atoms with Crippen molar-refractivity contribution in [1.82, 2.24) is 15.3 Å². The molecule has 7 nitrogen and oxygen atoms in total. The number of aliphatic carboxylic acids is 1. The van der Waals surface area contributed by atoms with Gasteiger partial charge in [-0.05, 0) is 43.9 Å². The van der Waals surface area contributed by atoms with E-state index >= 15 is 0 Å². The third-order valence-electron chi connectivity index (χ3n) is 4.76. The molecule has 0 unspecified atom stereocenters. The molecule has 1 aromatic carbocycles. The summed E-state index contributed by atoms with van der Waals surface area (Å²) >= 11 is 0. The highest BCUT2D eigenvalue weighted by Crippen LogP contribution is 2.19. The van der Waals surface area contributed by atoms with Gasteiger partial charge in [-0.1, -0.05) is 44.0 Å². The van der Waals surface area contributed by atoms with Crippen molar-refractivity contribution in [2.24, 2.45) is 0 Å². The van der Waals surface area contributed by atoms with Crippen molar-refractivity contribution in [2.45, 2.75) is 58.9 Å². The van der Waals surface area contributed by atoms with Crippen molar-refractivity contribution in [1.29, 1.82) is 0 Å². The number of hydrogen-bond acceptors (Lipinski definition) is 6. The Bertz CT molecular complexity index is 795. The van der Waals surface area contributed by atoms with Gasteiger partial charge in [0.05, 0.1) is 6.42 Å². The van der Waals surface area contributed by atoms with Crippen molar-refractivity contribution in [3.63, 3.8) is 0 Å². The SMILES string of the molecule is CCCCCNc1nc(N)nc(C)c1CCCNCc1cccc(CC(=O)O)c1. The quantitative estimate of drug-likeness (QED) is 0.382. The monoisotopic (exact) mass is 399 g/mol. The largest absolute Gasteiger partial charge is 0.481 e. The molecule has 0 atom stereocenters. The van der Waals surface area contributed by atoms with E-state index in [9.17, 15) is 4.79 Å². The van der Waals surface area contributed by atoms with Crippen LogP contribution in [-0.2, 0) is 24.2 Å². The van der Waals surface area contributed by atoms with E-state index in [0.29, 0.717) is 12.5 Å². The number of carboxylic acid groups (broad SMARTS) is 1. The Labute approximate surface area is 173 Å². The van der Waals surface area contributed by atoms with Crippen LogP contribution in [0.5, 0.6) is 0 Å². The molecular weight excluding hydrogens is 366 g/mol. The second-order valence-corrected chi connectivity index (χ2v) is 7.30. The average molecular weight is 400 g/mol. The van der Waals surface area contributed by atoms with Gasteiger partial charge in [0.25, 0.3) is 0 Å². The molecular formula is C22H33N5O2. The molecule has 1 heterocycles. The van der Waals surface area contributed by atoms with Gasteiger partial charge in [0.15, 0.2) is 0 Å². The van der Waals surface area contributed by atoms with Crippen LogP contribution in [0, 0.1) is 6.92 Å². The molecule has 0 bridgehead atoms. The van der Waals surface area contributed by atoms with E-state index in [2.05, 4.69) is 27.5 Å². The molecule has 158 valence electrons. The normalized spacial score (nSPS) is 10.8. The van der Waals surface area contributed by atoms with Crippen LogP contribution in [-0.4, -0.2) is 34.1 Å². The van der Waals surface area contributed by atoms with Crippen molar-refractivity contribution in [3.05, 3.63) is 46.6 Å². The molecule has 0 fully saturated rings. The fourth-order valence-corrected chi connectivity index (χ4v) is 3.29.